The third-order valence-corrected chi connectivity index (χ3v) is 2.70. The van der Waals surface area contributed by atoms with Crippen molar-refractivity contribution in [2.24, 2.45) is 0 Å². The Morgan fingerprint density at radius 3 is 3.21 bits per heavy atom. The third-order valence-electron chi connectivity index (χ3n) is 2.70. The van der Waals surface area contributed by atoms with Gasteiger partial charge in [-0.25, -0.2) is 4.98 Å². The highest BCUT2D eigenvalue weighted by molar-refractivity contribution is 5.83. The maximum atomic E-state index is 5.45. The van der Waals surface area contributed by atoms with E-state index in [1.807, 2.05) is 0 Å². The van der Waals surface area contributed by atoms with E-state index < -0.39 is 0 Å². The molecule has 70 valence electrons. The average Bonchev–Trinajstić information content (AvgIpc) is 2.62. The number of benzene rings is 1. The summed E-state index contributed by atoms with van der Waals surface area (Å²) in [4.78, 5) is 4.53. The quantitative estimate of drug-likeness (QED) is 0.629. The summed E-state index contributed by atoms with van der Waals surface area (Å²) in [7, 11) is 0. The zero-order valence-electron chi connectivity index (χ0n) is 8.08. The molecule has 0 bridgehead atoms. The first kappa shape index (κ1) is 7.80. The second-order valence-electron chi connectivity index (χ2n) is 3.70. The largest absolute Gasteiger partial charge is 0.477 e. The van der Waals surface area contributed by atoms with Crippen molar-refractivity contribution < 1.29 is 4.74 Å². The van der Waals surface area contributed by atoms with Crippen molar-refractivity contribution in [2.75, 3.05) is 6.61 Å². The number of ether oxygens (including phenoxy) is 1. The molecular formula is C12H11NO. The molecule has 1 aromatic heterocycles. The Kier molecular flexibility index (Phi) is 1.51. The zero-order chi connectivity index (χ0) is 9.54. The normalized spacial score (nSPS) is 14.1. The smallest absolute Gasteiger partial charge is 0.217 e. The van der Waals surface area contributed by atoms with Gasteiger partial charge >= 0.3 is 0 Å². The zero-order valence-corrected chi connectivity index (χ0v) is 8.08. The monoisotopic (exact) mass is 185 g/mol. The number of pyridine rings is 1. The molecule has 1 aliphatic rings. The fourth-order valence-electron chi connectivity index (χ4n) is 1.94. The van der Waals surface area contributed by atoms with E-state index in [4.69, 9.17) is 4.74 Å². The van der Waals surface area contributed by atoms with Gasteiger partial charge in [-0.15, -0.1) is 0 Å². The summed E-state index contributed by atoms with van der Waals surface area (Å²) in [6.07, 6.45) is 0.992. The Hall–Kier alpha value is -1.57. The number of nitrogens with zero attached hydrogens (tertiary/aromatic N) is 1. The van der Waals surface area contributed by atoms with Gasteiger partial charge in [0.2, 0.25) is 5.88 Å². The second kappa shape index (κ2) is 2.71. The molecule has 2 aromatic rings. The predicted molar refractivity (Wildman–Crippen MR) is 55.7 cm³/mol. The van der Waals surface area contributed by atoms with Crippen molar-refractivity contribution >= 4 is 10.9 Å². The standard InChI is InChI=1S/C12H11NO/c1-8-3-2-4-9-7-10-5-6-14-12(10)13-11(8)9/h2-4,7H,5-6H2,1H3. The summed E-state index contributed by atoms with van der Waals surface area (Å²) in [5.41, 5.74) is 3.51. The molecule has 0 amide bonds. The maximum absolute atomic E-state index is 5.45. The Morgan fingerprint density at radius 2 is 2.29 bits per heavy atom. The lowest BCUT2D eigenvalue weighted by atomic mass is 10.1. The number of fused-ring (bicyclic) bond motifs is 2. The van der Waals surface area contributed by atoms with Crippen molar-refractivity contribution in [1.82, 2.24) is 4.98 Å². The van der Waals surface area contributed by atoms with E-state index in [0.717, 1.165) is 24.4 Å². The number of aryl methyl sites for hydroxylation is 1. The number of hydrogen-bond donors (Lipinski definition) is 0. The summed E-state index contributed by atoms with van der Waals surface area (Å²) >= 11 is 0. The van der Waals surface area contributed by atoms with Gasteiger partial charge in [0, 0.05) is 17.4 Å². The molecule has 0 saturated heterocycles. The van der Waals surface area contributed by atoms with Crippen LogP contribution in [0, 0.1) is 6.92 Å². The molecule has 1 aromatic carbocycles. The van der Waals surface area contributed by atoms with Crippen molar-refractivity contribution in [3.8, 4) is 5.88 Å². The number of rotatable bonds is 0. The molecule has 0 spiro atoms. The maximum Gasteiger partial charge on any atom is 0.217 e. The van der Waals surface area contributed by atoms with Crippen molar-refractivity contribution in [2.45, 2.75) is 13.3 Å². The number of para-hydroxylation sites is 1. The molecule has 0 saturated carbocycles. The van der Waals surface area contributed by atoms with Crippen LogP contribution in [0.3, 0.4) is 0 Å². The summed E-state index contributed by atoms with van der Waals surface area (Å²) in [6, 6.07) is 8.45. The first-order valence-electron chi connectivity index (χ1n) is 4.86. The van der Waals surface area contributed by atoms with E-state index >= 15 is 0 Å². The summed E-state index contributed by atoms with van der Waals surface area (Å²) in [5, 5.41) is 1.22. The minimum absolute atomic E-state index is 0.775. The van der Waals surface area contributed by atoms with E-state index in [1.165, 1.54) is 16.5 Å². The van der Waals surface area contributed by atoms with Gasteiger partial charge in [-0.05, 0) is 18.6 Å². The van der Waals surface area contributed by atoms with Gasteiger partial charge in [0.15, 0.2) is 0 Å². The molecular weight excluding hydrogens is 174 g/mol. The highest BCUT2D eigenvalue weighted by atomic mass is 16.5. The highest BCUT2D eigenvalue weighted by Gasteiger charge is 2.14. The lowest BCUT2D eigenvalue weighted by Gasteiger charge is -2.03. The van der Waals surface area contributed by atoms with Crippen LogP contribution in [0.25, 0.3) is 10.9 Å². The molecule has 0 unspecified atom stereocenters. The molecule has 0 N–H and O–H groups in total. The molecule has 0 radical (unpaired) electrons. The molecule has 2 nitrogen and oxygen atoms in total. The number of hydrogen-bond acceptors (Lipinski definition) is 2. The van der Waals surface area contributed by atoms with Crippen molar-refractivity contribution in [3.63, 3.8) is 0 Å². The fourth-order valence-corrected chi connectivity index (χ4v) is 1.94. The van der Waals surface area contributed by atoms with Crippen molar-refractivity contribution in [1.29, 1.82) is 0 Å². The SMILES string of the molecule is Cc1cccc2cc3c(nc12)OCC3. The first-order chi connectivity index (χ1) is 6.84. The van der Waals surface area contributed by atoms with Crippen molar-refractivity contribution in [3.05, 3.63) is 35.4 Å². The fraction of sp³-hybridized carbons (Fsp3) is 0.250. The third kappa shape index (κ3) is 1.00. The lowest BCUT2D eigenvalue weighted by Crippen LogP contribution is -1.89. The molecule has 0 fully saturated rings. The van der Waals surface area contributed by atoms with Crippen LogP contribution in [0.2, 0.25) is 0 Å². The van der Waals surface area contributed by atoms with E-state index in [2.05, 4.69) is 36.2 Å². The molecule has 3 rings (SSSR count). The first-order valence-corrected chi connectivity index (χ1v) is 4.86. The predicted octanol–water partition coefficient (Wildman–Crippen LogP) is 2.48. The van der Waals surface area contributed by atoms with Crippen LogP contribution >= 0.6 is 0 Å². The van der Waals surface area contributed by atoms with E-state index in [0.29, 0.717) is 0 Å². The van der Waals surface area contributed by atoms with Crippen LogP contribution < -0.4 is 4.74 Å². The summed E-state index contributed by atoms with van der Waals surface area (Å²) in [5.74, 6) is 0.826. The number of aromatic nitrogens is 1. The minimum atomic E-state index is 0.775. The van der Waals surface area contributed by atoms with E-state index in [9.17, 15) is 0 Å². The molecule has 14 heavy (non-hydrogen) atoms. The lowest BCUT2D eigenvalue weighted by molar-refractivity contribution is 0.346. The molecule has 1 aliphatic heterocycles. The summed E-state index contributed by atoms with van der Waals surface area (Å²) in [6.45, 7) is 2.86. The van der Waals surface area contributed by atoms with Gasteiger partial charge < -0.3 is 4.74 Å². The van der Waals surface area contributed by atoms with Gasteiger partial charge in [0.25, 0.3) is 0 Å². The van der Waals surface area contributed by atoms with Crippen LogP contribution in [0.15, 0.2) is 24.3 Å². The average molecular weight is 185 g/mol. The van der Waals surface area contributed by atoms with Gasteiger partial charge in [-0.2, -0.15) is 0 Å². The molecule has 0 aliphatic carbocycles. The topological polar surface area (TPSA) is 22.1 Å². The molecule has 2 heteroatoms. The second-order valence-corrected chi connectivity index (χ2v) is 3.70. The Morgan fingerprint density at radius 1 is 1.36 bits per heavy atom. The van der Waals surface area contributed by atoms with E-state index in [1.54, 1.807) is 0 Å². The van der Waals surface area contributed by atoms with Gasteiger partial charge in [-0.1, -0.05) is 18.2 Å². The Balaban J connectivity index is 2.39. The van der Waals surface area contributed by atoms with Gasteiger partial charge in [-0.3, -0.25) is 0 Å². The van der Waals surface area contributed by atoms with Crippen LogP contribution in [0.4, 0.5) is 0 Å². The Labute approximate surface area is 82.5 Å². The van der Waals surface area contributed by atoms with Crippen LogP contribution in [0.5, 0.6) is 5.88 Å². The highest BCUT2D eigenvalue weighted by Crippen LogP contribution is 2.27. The van der Waals surface area contributed by atoms with Gasteiger partial charge in [0.05, 0.1) is 12.1 Å². The van der Waals surface area contributed by atoms with Crippen LogP contribution in [-0.4, -0.2) is 11.6 Å². The van der Waals surface area contributed by atoms with E-state index in [-0.39, 0.29) is 0 Å². The van der Waals surface area contributed by atoms with Crippen LogP contribution in [0.1, 0.15) is 11.1 Å². The summed E-state index contributed by atoms with van der Waals surface area (Å²) < 4.78 is 5.45. The minimum Gasteiger partial charge on any atom is -0.477 e. The molecule has 0 atom stereocenters. The van der Waals surface area contributed by atoms with Gasteiger partial charge in [0.1, 0.15) is 0 Å². The van der Waals surface area contributed by atoms with Crippen LogP contribution in [-0.2, 0) is 6.42 Å². The molecule has 2 heterocycles. The Bertz CT molecular complexity index is 505.